The van der Waals surface area contributed by atoms with Crippen molar-refractivity contribution in [2.45, 2.75) is 19.3 Å². The number of carboxylic acids is 1. The van der Waals surface area contributed by atoms with Gasteiger partial charge in [-0.15, -0.1) is 0 Å². The van der Waals surface area contributed by atoms with E-state index in [0.717, 1.165) is 0 Å². The minimum atomic E-state index is -0.927. The minimum absolute atomic E-state index is 0.0266. The first-order valence-electron chi connectivity index (χ1n) is 5.62. The van der Waals surface area contributed by atoms with E-state index in [9.17, 15) is 14.4 Å². The Morgan fingerprint density at radius 3 is 2.71 bits per heavy atom. The highest BCUT2D eigenvalue weighted by molar-refractivity contribution is 5.86. The van der Waals surface area contributed by atoms with Crippen LogP contribution in [0, 0.1) is 5.92 Å². The zero-order valence-corrected chi connectivity index (χ0v) is 10.2. The molecule has 6 heteroatoms. The molecular formula is C11H18N2O4. The molecule has 1 atom stereocenters. The molecule has 17 heavy (non-hydrogen) atoms. The van der Waals surface area contributed by atoms with Gasteiger partial charge in [-0.2, -0.15) is 0 Å². The Labute approximate surface area is 100 Å². The predicted octanol–water partition coefficient (Wildman–Crippen LogP) is -0.212. The second kappa shape index (κ2) is 5.65. The number of amides is 2. The lowest BCUT2D eigenvalue weighted by atomic mass is 9.95. The van der Waals surface area contributed by atoms with Crippen LogP contribution < -0.4 is 0 Å². The maximum Gasteiger partial charge on any atom is 0.305 e. The minimum Gasteiger partial charge on any atom is -0.481 e. The molecule has 0 saturated carbocycles. The largest absolute Gasteiger partial charge is 0.481 e. The van der Waals surface area contributed by atoms with Gasteiger partial charge in [0.15, 0.2) is 0 Å². The number of piperidine rings is 1. The third-order valence-corrected chi connectivity index (χ3v) is 3.05. The molecule has 1 aliphatic rings. The summed E-state index contributed by atoms with van der Waals surface area (Å²) < 4.78 is 0. The normalized spacial score (nSPS) is 20.2. The van der Waals surface area contributed by atoms with Crippen molar-refractivity contribution in [3.63, 3.8) is 0 Å². The van der Waals surface area contributed by atoms with E-state index >= 15 is 0 Å². The molecule has 0 aromatic rings. The average molecular weight is 242 g/mol. The van der Waals surface area contributed by atoms with Crippen LogP contribution in [0.2, 0.25) is 0 Å². The Bertz CT molecular complexity index is 329. The first-order valence-corrected chi connectivity index (χ1v) is 5.62. The van der Waals surface area contributed by atoms with Gasteiger partial charge in [0.2, 0.25) is 11.8 Å². The number of hydrogen-bond donors (Lipinski definition) is 1. The summed E-state index contributed by atoms with van der Waals surface area (Å²) in [7, 11) is 3.30. The van der Waals surface area contributed by atoms with Crippen LogP contribution >= 0.6 is 0 Å². The molecule has 1 heterocycles. The molecule has 1 fully saturated rings. The molecule has 0 bridgehead atoms. The van der Waals surface area contributed by atoms with Crippen molar-refractivity contribution in [2.75, 3.05) is 27.2 Å². The van der Waals surface area contributed by atoms with Crippen LogP contribution in [0.1, 0.15) is 19.3 Å². The van der Waals surface area contributed by atoms with Crippen molar-refractivity contribution in [1.82, 2.24) is 9.80 Å². The molecule has 0 aliphatic carbocycles. The van der Waals surface area contributed by atoms with E-state index in [1.807, 2.05) is 0 Å². The van der Waals surface area contributed by atoms with Gasteiger partial charge in [0.25, 0.3) is 0 Å². The van der Waals surface area contributed by atoms with E-state index < -0.39 is 5.97 Å². The topological polar surface area (TPSA) is 77.9 Å². The van der Waals surface area contributed by atoms with E-state index in [0.29, 0.717) is 13.0 Å². The summed E-state index contributed by atoms with van der Waals surface area (Å²) in [6.07, 6.45) is 0.814. The number of rotatable bonds is 4. The molecule has 1 unspecified atom stereocenters. The molecule has 0 aromatic carbocycles. The van der Waals surface area contributed by atoms with Gasteiger partial charge in [-0.3, -0.25) is 14.4 Å². The van der Waals surface area contributed by atoms with Gasteiger partial charge in [-0.1, -0.05) is 0 Å². The summed E-state index contributed by atoms with van der Waals surface area (Å²) >= 11 is 0. The molecule has 96 valence electrons. The lowest BCUT2D eigenvalue weighted by Gasteiger charge is -2.30. The first kappa shape index (κ1) is 13.5. The van der Waals surface area contributed by atoms with Crippen molar-refractivity contribution in [1.29, 1.82) is 0 Å². The van der Waals surface area contributed by atoms with E-state index in [1.165, 1.54) is 4.90 Å². The molecule has 0 aromatic heterocycles. The highest BCUT2D eigenvalue weighted by Crippen LogP contribution is 2.19. The maximum atomic E-state index is 11.9. The summed E-state index contributed by atoms with van der Waals surface area (Å²) in [5, 5.41) is 8.53. The fourth-order valence-corrected chi connectivity index (χ4v) is 1.84. The monoisotopic (exact) mass is 242 g/mol. The number of carbonyl (C=O) groups is 3. The van der Waals surface area contributed by atoms with E-state index in [4.69, 9.17) is 5.11 Å². The summed E-state index contributed by atoms with van der Waals surface area (Å²) in [6.45, 7) is 0.775. The zero-order chi connectivity index (χ0) is 13.0. The number of carbonyl (C=O) groups excluding carboxylic acids is 2. The van der Waals surface area contributed by atoms with Crippen molar-refractivity contribution in [3.8, 4) is 0 Å². The third kappa shape index (κ3) is 3.72. The molecule has 0 spiro atoms. The van der Waals surface area contributed by atoms with Gasteiger partial charge in [-0.25, -0.2) is 0 Å². The maximum absolute atomic E-state index is 11.9. The third-order valence-electron chi connectivity index (χ3n) is 3.05. The highest BCUT2D eigenvalue weighted by atomic mass is 16.4. The smallest absolute Gasteiger partial charge is 0.305 e. The molecule has 2 amide bonds. The van der Waals surface area contributed by atoms with Crippen LogP contribution in [0.15, 0.2) is 0 Å². The summed E-state index contributed by atoms with van der Waals surface area (Å²) in [5.41, 5.74) is 0. The Balaban J connectivity index is 2.46. The van der Waals surface area contributed by atoms with Crippen LogP contribution in [-0.2, 0) is 14.4 Å². The molecule has 0 radical (unpaired) electrons. The van der Waals surface area contributed by atoms with Crippen molar-refractivity contribution >= 4 is 17.8 Å². The van der Waals surface area contributed by atoms with E-state index in [-0.39, 0.29) is 37.1 Å². The fraction of sp³-hybridized carbons (Fsp3) is 0.727. The fourth-order valence-electron chi connectivity index (χ4n) is 1.84. The zero-order valence-electron chi connectivity index (χ0n) is 10.2. The van der Waals surface area contributed by atoms with Gasteiger partial charge in [0.1, 0.15) is 0 Å². The Morgan fingerprint density at radius 1 is 1.53 bits per heavy atom. The molecule has 1 saturated heterocycles. The number of aliphatic carboxylic acids is 1. The number of carboxylic acid groups (broad SMARTS) is 1. The van der Waals surface area contributed by atoms with Crippen molar-refractivity contribution < 1.29 is 19.5 Å². The van der Waals surface area contributed by atoms with Crippen molar-refractivity contribution in [2.24, 2.45) is 5.92 Å². The van der Waals surface area contributed by atoms with E-state index in [1.54, 1.807) is 19.0 Å². The average Bonchev–Trinajstić information content (AvgIpc) is 2.28. The van der Waals surface area contributed by atoms with Gasteiger partial charge in [0.05, 0.1) is 6.42 Å². The summed E-state index contributed by atoms with van der Waals surface area (Å²) in [4.78, 5) is 36.8. The molecular weight excluding hydrogens is 224 g/mol. The summed E-state index contributed by atoms with van der Waals surface area (Å²) in [6, 6.07) is 0. The van der Waals surface area contributed by atoms with Crippen LogP contribution in [0.5, 0.6) is 0 Å². The Hall–Kier alpha value is -1.59. The van der Waals surface area contributed by atoms with Crippen molar-refractivity contribution in [3.05, 3.63) is 0 Å². The molecule has 1 aliphatic heterocycles. The first-order chi connectivity index (χ1) is 7.91. The van der Waals surface area contributed by atoms with E-state index in [2.05, 4.69) is 0 Å². The van der Waals surface area contributed by atoms with Gasteiger partial charge in [0, 0.05) is 39.5 Å². The van der Waals surface area contributed by atoms with Gasteiger partial charge < -0.3 is 14.9 Å². The predicted molar refractivity (Wildman–Crippen MR) is 60.3 cm³/mol. The second-order valence-corrected chi connectivity index (χ2v) is 4.41. The van der Waals surface area contributed by atoms with Crippen LogP contribution in [-0.4, -0.2) is 59.9 Å². The number of likely N-dealkylation sites (tertiary alicyclic amines) is 1. The molecule has 1 rings (SSSR count). The standard InChI is InChI=1S/C11H18N2O4/c1-12-5-3-8(7-9(12)14)11(17)13(2)6-4-10(15)16/h8H,3-7H2,1-2H3,(H,15,16). The van der Waals surface area contributed by atoms with Gasteiger partial charge in [-0.05, 0) is 6.42 Å². The Kier molecular flexibility index (Phi) is 4.48. The van der Waals surface area contributed by atoms with Gasteiger partial charge >= 0.3 is 5.97 Å². The number of hydrogen-bond acceptors (Lipinski definition) is 3. The molecule has 6 nitrogen and oxygen atoms in total. The summed E-state index contributed by atoms with van der Waals surface area (Å²) in [5.74, 6) is -1.38. The lowest BCUT2D eigenvalue weighted by Crippen LogP contribution is -2.43. The lowest BCUT2D eigenvalue weighted by molar-refractivity contribution is -0.144. The SMILES string of the molecule is CN1CCC(C(=O)N(C)CCC(=O)O)CC1=O. The van der Waals surface area contributed by atoms with Crippen LogP contribution in [0.25, 0.3) is 0 Å². The second-order valence-electron chi connectivity index (χ2n) is 4.41. The highest BCUT2D eigenvalue weighted by Gasteiger charge is 2.30. The Morgan fingerprint density at radius 2 is 2.18 bits per heavy atom. The van der Waals surface area contributed by atoms with Crippen LogP contribution in [0.4, 0.5) is 0 Å². The quantitative estimate of drug-likeness (QED) is 0.739. The number of nitrogens with zero attached hydrogens (tertiary/aromatic N) is 2. The van der Waals surface area contributed by atoms with Crippen LogP contribution in [0.3, 0.4) is 0 Å². The molecule has 1 N–H and O–H groups in total.